The Hall–Kier alpha value is -4.26. The molecule has 1 atom stereocenters. The molecule has 13 heteroatoms. The highest BCUT2D eigenvalue weighted by atomic mass is 79.9. The number of benzene rings is 4. The lowest BCUT2D eigenvalue weighted by Crippen LogP contribution is -2.53. The van der Waals surface area contributed by atoms with Crippen molar-refractivity contribution in [1.82, 2.24) is 10.2 Å². The minimum Gasteiger partial charge on any atom is -0.495 e. The van der Waals surface area contributed by atoms with Crippen molar-refractivity contribution in [1.29, 1.82) is 0 Å². The van der Waals surface area contributed by atoms with Gasteiger partial charge in [-0.15, -0.1) is 0 Å². The van der Waals surface area contributed by atoms with Gasteiger partial charge in [0, 0.05) is 35.1 Å². The van der Waals surface area contributed by atoms with Crippen LogP contribution in [0.1, 0.15) is 24.5 Å². The predicted octanol–water partition coefficient (Wildman–Crippen LogP) is 6.49. The second-order valence-electron chi connectivity index (χ2n) is 11.0. The number of carbonyl (C=O) groups excluding carboxylic acids is 2. The molecule has 2 amide bonds. The molecule has 0 saturated heterocycles. The van der Waals surface area contributed by atoms with Gasteiger partial charge in [-0.2, -0.15) is 0 Å². The molecule has 0 spiro atoms. The lowest BCUT2D eigenvalue weighted by molar-refractivity contribution is -0.140. The van der Waals surface area contributed by atoms with Crippen LogP contribution in [0.4, 0.5) is 5.69 Å². The molecule has 0 aromatic heterocycles. The Morgan fingerprint density at radius 1 is 0.837 bits per heavy atom. The van der Waals surface area contributed by atoms with E-state index in [0.29, 0.717) is 18.7 Å². The molecule has 0 aliphatic rings. The number of rotatable bonds is 16. The second-order valence-corrected chi connectivity index (χ2v) is 14.2. The molecule has 0 bridgehead atoms. The standard InChI is InChI=1S/C36H39BrClN3O7S/c1-5-19-39-36(43)31(20-25-9-7-6-8-10-25)40(23-26-11-13-27(37)14-12-26)35(42)24-41(30-21-28(38)15-17-32(30)46-2)49(44,45)29-16-18-33(47-3)34(22-29)48-4/h6-18,21-22,31H,5,19-20,23-24H2,1-4H3,(H,39,43)/t31-/m1/s1. The van der Waals surface area contributed by atoms with E-state index in [1.54, 1.807) is 6.07 Å². The molecule has 4 rings (SSSR count). The third kappa shape index (κ3) is 9.46. The van der Waals surface area contributed by atoms with Crippen LogP contribution in [0, 0.1) is 0 Å². The number of ether oxygens (including phenoxy) is 3. The SMILES string of the molecule is CCCNC(=O)[C@@H](Cc1ccccc1)N(Cc1ccc(Br)cc1)C(=O)CN(c1cc(Cl)ccc1OC)S(=O)(=O)c1ccc(OC)c(OC)c1. The molecular weight excluding hydrogens is 734 g/mol. The van der Waals surface area contributed by atoms with Crippen LogP contribution in [0.25, 0.3) is 0 Å². The number of anilines is 1. The highest BCUT2D eigenvalue weighted by Crippen LogP contribution is 2.37. The second kappa shape index (κ2) is 17.4. The largest absolute Gasteiger partial charge is 0.495 e. The summed E-state index contributed by atoms with van der Waals surface area (Å²) in [5.41, 5.74) is 1.61. The summed E-state index contributed by atoms with van der Waals surface area (Å²) in [7, 11) is -0.254. The average molecular weight is 773 g/mol. The Balaban J connectivity index is 1.87. The molecule has 4 aromatic rings. The van der Waals surface area contributed by atoms with Gasteiger partial charge in [-0.1, -0.05) is 76.9 Å². The van der Waals surface area contributed by atoms with Crippen molar-refractivity contribution in [3.05, 3.63) is 112 Å². The van der Waals surface area contributed by atoms with Crippen LogP contribution in [-0.2, 0) is 32.6 Å². The van der Waals surface area contributed by atoms with Gasteiger partial charge in [0.15, 0.2) is 11.5 Å². The normalized spacial score (nSPS) is 11.7. The Labute approximate surface area is 301 Å². The van der Waals surface area contributed by atoms with Crippen LogP contribution in [0.3, 0.4) is 0 Å². The van der Waals surface area contributed by atoms with Gasteiger partial charge in [0.25, 0.3) is 10.0 Å². The van der Waals surface area contributed by atoms with Crippen molar-refractivity contribution in [3.8, 4) is 17.2 Å². The third-order valence-corrected chi connectivity index (χ3v) is 10.2. The van der Waals surface area contributed by atoms with Crippen molar-refractivity contribution < 1.29 is 32.2 Å². The number of nitrogens with one attached hydrogen (secondary N) is 1. The zero-order chi connectivity index (χ0) is 35.6. The van der Waals surface area contributed by atoms with E-state index < -0.39 is 28.5 Å². The first-order valence-electron chi connectivity index (χ1n) is 15.5. The van der Waals surface area contributed by atoms with Gasteiger partial charge >= 0.3 is 0 Å². The molecule has 0 fully saturated rings. The van der Waals surface area contributed by atoms with E-state index in [1.165, 1.54) is 56.6 Å². The number of halogens is 2. The van der Waals surface area contributed by atoms with Gasteiger partial charge in [0.1, 0.15) is 18.3 Å². The van der Waals surface area contributed by atoms with Crippen molar-refractivity contribution in [2.75, 3.05) is 38.7 Å². The predicted molar refractivity (Wildman–Crippen MR) is 194 cm³/mol. The smallest absolute Gasteiger partial charge is 0.265 e. The fourth-order valence-corrected chi connectivity index (χ4v) is 7.05. The van der Waals surface area contributed by atoms with Gasteiger partial charge in [-0.3, -0.25) is 13.9 Å². The highest BCUT2D eigenvalue weighted by molar-refractivity contribution is 9.10. The maximum Gasteiger partial charge on any atom is 0.265 e. The van der Waals surface area contributed by atoms with Crippen molar-refractivity contribution in [2.45, 2.75) is 37.2 Å². The summed E-state index contributed by atoms with van der Waals surface area (Å²) in [6.07, 6.45) is 0.887. The molecule has 1 N–H and O–H groups in total. The number of nitrogens with zero attached hydrogens (tertiary/aromatic N) is 2. The number of sulfonamides is 1. The summed E-state index contributed by atoms with van der Waals surface area (Å²) in [5.74, 6) is -0.304. The number of carbonyl (C=O) groups is 2. The van der Waals surface area contributed by atoms with Crippen LogP contribution in [-0.4, -0.2) is 65.6 Å². The molecule has 0 heterocycles. The summed E-state index contributed by atoms with van der Waals surface area (Å²) >= 11 is 9.83. The maximum atomic E-state index is 14.7. The van der Waals surface area contributed by atoms with Crippen molar-refractivity contribution in [3.63, 3.8) is 0 Å². The fraction of sp³-hybridized carbons (Fsp3) is 0.278. The summed E-state index contributed by atoms with van der Waals surface area (Å²) < 4.78 is 47.1. The Morgan fingerprint density at radius 3 is 2.12 bits per heavy atom. The first kappa shape index (κ1) is 37.6. The zero-order valence-corrected chi connectivity index (χ0v) is 30.8. The molecule has 49 heavy (non-hydrogen) atoms. The van der Waals surface area contributed by atoms with E-state index in [0.717, 1.165) is 19.9 Å². The van der Waals surface area contributed by atoms with E-state index in [4.69, 9.17) is 25.8 Å². The van der Waals surface area contributed by atoms with Crippen molar-refractivity contribution in [2.24, 2.45) is 0 Å². The third-order valence-electron chi connectivity index (χ3n) is 7.72. The number of amides is 2. The first-order chi connectivity index (χ1) is 23.5. The van der Waals surface area contributed by atoms with E-state index in [9.17, 15) is 18.0 Å². The summed E-state index contributed by atoms with van der Waals surface area (Å²) in [6, 6.07) is 24.4. The molecule has 4 aromatic carbocycles. The maximum absolute atomic E-state index is 14.7. The summed E-state index contributed by atoms with van der Waals surface area (Å²) in [6.45, 7) is 1.69. The first-order valence-corrected chi connectivity index (χ1v) is 18.1. The van der Waals surface area contributed by atoms with Gasteiger partial charge in [-0.05, 0) is 60.0 Å². The highest BCUT2D eigenvalue weighted by Gasteiger charge is 2.36. The molecule has 0 saturated carbocycles. The molecule has 0 unspecified atom stereocenters. The van der Waals surface area contributed by atoms with Gasteiger partial charge in [0.2, 0.25) is 11.8 Å². The minimum atomic E-state index is -4.48. The molecular formula is C36H39BrClN3O7S. The van der Waals surface area contributed by atoms with E-state index in [1.807, 2.05) is 61.5 Å². The molecule has 260 valence electrons. The van der Waals surface area contributed by atoms with Crippen LogP contribution in [0.2, 0.25) is 5.02 Å². The lowest BCUT2D eigenvalue weighted by atomic mass is 10.0. The molecule has 0 aliphatic heterocycles. The molecule has 0 radical (unpaired) electrons. The van der Waals surface area contributed by atoms with Crippen molar-refractivity contribution >= 4 is 55.1 Å². The topological polar surface area (TPSA) is 114 Å². The number of hydrogen-bond acceptors (Lipinski definition) is 7. The number of hydrogen-bond donors (Lipinski definition) is 1. The summed E-state index contributed by atoms with van der Waals surface area (Å²) in [4.78, 5) is 29.8. The molecule has 10 nitrogen and oxygen atoms in total. The van der Waals surface area contributed by atoms with Crippen LogP contribution >= 0.6 is 27.5 Å². The van der Waals surface area contributed by atoms with E-state index >= 15 is 0 Å². The lowest BCUT2D eigenvalue weighted by Gasteiger charge is -2.34. The summed E-state index contributed by atoms with van der Waals surface area (Å²) in [5, 5.41) is 3.16. The van der Waals surface area contributed by atoms with Gasteiger partial charge < -0.3 is 24.4 Å². The van der Waals surface area contributed by atoms with E-state index in [-0.39, 0.29) is 46.0 Å². The minimum absolute atomic E-state index is 0.0279. The van der Waals surface area contributed by atoms with Gasteiger partial charge in [0.05, 0.1) is 31.9 Å². The van der Waals surface area contributed by atoms with Crippen LogP contribution < -0.4 is 23.8 Å². The zero-order valence-electron chi connectivity index (χ0n) is 27.7. The molecule has 0 aliphatic carbocycles. The van der Waals surface area contributed by atoms with Gasteiger partial charge in [-0.25, -0.2) is 8.42 Å². The Morgan fingerprint density at radius 2 is 1.49 bits per heavy atom. The van der Waals surface area contributed by atoms with Crippen LogP contribution in [0.5, 0.6) is 17.2 Å². The Bertz CT molecular complexity index is 1840. The quantitative estimate of drug-likeness (QED) is 0.139. The number of methoxy groups -OCH3 is 3. The monoisotopic (exact) mass is 771 g/mol. The Kier molecular flexibility index (Phi) is 13.3. The van der Waals surface area contributed by atoms with Crippen LogP contribution in [0.15, 0.2) is 100 Å². The average Bonchev–Trinajstić information content (AvgIpc) is 3.11. The fourth-order valence-electron chi connectivity index (χ4n) is 5.18. The van der Waals surface area contributed by atoms with E-state index in [2.05, 4.69) is 21.2 Å².